The number of hydrogen-bond acceptors (Lipinski definition) is 2. The third-order valence-electron chi connectivity index (χ3n) is 4.47. The predicted octanol–water partition coefficient (Wildman–Crippen LogP) is 3.30. The molecule has 0 aliphatic carbocycles. The van der Waals surface area contributed by atoms with E-state index in [-0.39, 0.29) is 0 Å². The van der Waals surface area contributed by atoms with Gasteiger partial charge in [-0.1, -0.05) is 6.07 Å². The van der Waals surface area contributed by atoms with Crippen LogP contribution in [-0.2, 0) is 13.0 Å². The molecule has 0 amide bonds. The van der Waals surface area contributed by atoms with Crippen LogP contribution in [0.3, 0.4) is 0 Å². The Bertz CT molecular complexity index is 579. The summed E-state index contributed by atoms with van der Waals surface area (Å²) in [5.74, 6) is 2.09. The SMILES string of the molecule is CCn1c(CCC2CCCNC2)nc2cc(C)ccc21. The van der Waals surface area contributed by atoms with Crippen LogP contribution in [0.25, 0.3) is 11.0 Å². The van der Waals surface area contributed by atoms with Crippen LogP contribution < -0.4 is 5.32 Å². The van der Waals surface area contributed by atoms with Crippen molar-refractivity contribution in [2.75, 3.05) is 13.1 Å². The Kier molecular flexibility index (Phi) is 4.06. The van der Waals surface area contributed by atoms with Crippen molar-refractivity contribution < 1.29 is 0 Å². The largest absolute Gasteiger partial charge is 0.328 e. The van der Waals surface area contributed by atoms with Gasteiger partial charge in [-0.2, -0.15) is 0 Å². The summed E-state index contributed by atoms with van der Waals surface area (Å²) in [6.45, 7) is 7.75. The molecular weight excluding hydrogens is 246 g/mol. The topological polar surface area (TPSA) is 29.9 Å². The summed E-state index contributed by atoms with van der Waals surface area (Å²) >= 11 is 0. The number of benzene rings is 1. The molecule has 2 aromatic rings. The lowest BCUT2D eigenvalue weighted by Gasteiger charge is -2.22. The second-order valence-electron chi connectivity index (χ2n) is 6.02. The second kappa shape index (κ2) is 5.96. The highest BCUT2D eigenvalue weighted by molar-refractivity contribution is 5.76. The number of rotatable bonds is 4. The molecule has 3 rings (SSSR count). The van der Waals surface area contributed by atoms with E-state index < -0.39 is 0 Å². The van der Waals surface area contributed by atoms with Crippen molar-refractivity contribution in [3.8, 4) is 0 Å². The number of imidazole rings is 1. The Hall–Kier alpha value is -1.35. The minimum Gasteiger partial charge on any atom is -0.328 e. The zero-order valence-corrected chi connectivity index (χ0v) is 12.7. The number of nitrogens with zero attached hydrogens (tertiary/aromatic N) is 2. The monoisotopic (exact) mass is 271 g/mol. The van der Waals surface area contributed by atoms with Crippen LogP contribution in [0.5, 0.6) is 0 Å². The van der Waals surface area contributed by atoms with Crippen LogP contribution in [0.15, 0.2) is 18.2 Å². The van der Waals surface area contributed by atoms with Crippen molar-refractivity contribution in [1.29, 1.82) is 0 Å². The van der Waals surface area contributed by atoms with E-state index in [1.807, 2.05) is 0 Å². The van der Waals surface area contributed by atoms with Crippen molar-refractivity contribution >= 4 is 11.0 Å². The minimum atomic E-state index is 0.829. The summed E-state index contributed by atoms with van der Waals surface area (Å²) in [5.41, 5.74) is 3.74. The summed E-state index contributed by atoms with van der Waals surface area (Å²) < 4.78 is 2.38. The molecule has 0 saturated carbocycles. The van der Waals surface area contributed by atoms with Gasteiger partial charge in [0.1, 0.15) is 5.82 Å². The van der Waals surface area contributed by atoms with E-state index >= 15 is 0 Å². The first-order valence-electron chi connectivity index (χ1n) is 7.94. The van der Waals surface area contributed by atoms with Gasteiger partial charge in [0.25, 0.3) is 0 Å². The summed E-state index contributed by atoms with van der Waals surface area (Å²) in [6, 6.07) is 6.60. The van der Waals surface area contributed by atoms with Crippen LogP contribution in [0.4, 0.5) is 0 Å². The Morgan fingerprint density at radius 1 is 1.40 bits per heavy atom. The zero-order chi connectivity index (χ0) is 13.9. The van der Waals surface area contributed by atoms with Crippen LogP contribution in [-0.4, -0.2) is 22.6 Å². The summed E-state index contributed by atoms with van der Waals surface area (Å²) in [7, 11) is 0. The van der Waals surface area contributed by atoms with Crippen LogP contribution >= 0.6 is 0 Å². The molecule has 3 nitrogen and oxygen atoms in total. The van der Waals surface area contributed by atoms with Gasteiger partial charge in [-0.15, -0.1) is 0 Å². The fourth-order valence-corrected chi connectivity index (χ4v) is 3.34. The normalized spacial score (nSPS) is 19.6. The molecule has 1 aliphatic heterocycles. The maximum absolute atomic E-state index is 4.87. The number of hydrogen-bond donors (Lipinski definition) is 1. The molecule has 3 heteroatoms. The molecule has 108 valence electrons. The van der Waals surface area contributed by atoms with Gasteiger partial charge in [-0.05, 0) is 69.8 Å². The van der Waals surface area contributed by atoms with Gasteiger partial charge in [0, 0.05) is 13.0 Å². The Morgan fingerprint density at radius 3 is 3.05 bits per heavy atom. The quantitative estimate of drug-likeness (QED) is 0.924. The van der Waals surface area contributed by atoms with E-state index in [0.717, 1.165) is 24.4 Å². The first-order chi connectivity index (χ1) is 9.78. The number of aryl methyl sites for hydroxylation is 3. The lowest BCUT2D eigenvalue weighted by Crippen LogP contribution is -2.30. The highest BCUT2D eigenvalue weighted by Crippen LogP contribution is 2.21. The molecule has 1 aromatic heterocycles. The van der Waals surface area contributed by atoms with E-state index in [1.165, 1.54) is 49.3 Å². The van der Waals surface area contributed by atoms with E-state index in [2.05, 4.69) is 41.9 Å². The molecule has 1 saturated heterocycles. The molecule has 1 aromatic carbocycles. The average Bonchev–Trinajstić information content (AvgIpc) is 2.82. The number of aromatic nitrogens is 2. The van der Waals surface area contributed by atoms with Gasteiger partial charge in [0.15, 0.2) is 0 Å². The summed E-state index contributed by atoms with van der Waals surface area (Å²) in [4.78, 5) is 4.87. The molecule has 1 fully saturated rings. The van der Waals surface area contributed by atoms with E-state index in [4.69, 9.17) is 4.98 Å². The van der Waals surface area contributed by atoms with E-state index in [0.29, 0.717) is 0 Å². The van der Waals surface area contributed by atoms with Crippen LogP contribution in [0.2, 0.25) is 0 Å². The Labute approximate surface area is 121 Å². The first-order valence-corrected chi connectivity index (χ1v) is 7.94. The highest BCUT2D eigenvalue weighted by Gasteiger charge is 2.15. The third kappa shape index (κ3) is 2.73. The maximum atomic E-state index is 4.87. The van der Waals surface area contributed by atoms with Gasteiger partial charge in [0.2, 0.25) is 0 Å². The van der Waals surface area contributed by atoms with Crippen LogP contribution in [0, 0.1) is 12.8 Å². The Morgan fingerprint density at radius 2 is 2.30 bits per heavy atom. The van der Waals surface area contributed by atoms with Crippen molar-refractivity contribution in [3.05, 3.63) is 29.6 Å². The van der Waals surface area contributed by atoms with Gasteiger partial charge >= 0.3 is 0 Å². The van der Waals surface area contributed by atoms with Crippen molar-refractivity contribution in [2.45, 2.75) is 46.1 Å². The number of piperidine rings is 1. The van der Waals surface area contributed by atoms with Gasteiger partial charge < -0.3 is 9.88 Å². The van der Waals surface area contributed by atoms with Gasteiger partial charge in [-0.3, -0.25) is 0 Å². The molecule has 0 radical (unpaired) electrons. The summed E-state index contributed by atoms with van der Waals surface area (Å²) in [5, 5.41) is 3.51. The number of nitrogens with one attached hydrogen (secondary N) is 1. The third-order valence-corrected chi connectivity index (χ3v) is 4.47. The molecule has 1 N–H and O–H groups in total. The summed E-state index contributed by atoms with van der Waals surface area (Å²) in [6.07, 6.45) is 5.07. The van der Waals surface area contributed by atoms with E-state index in [9.17, 15) is 0 Å². The molecular formula is C17H25N3. The molecule has 1 unspecified atom stereocenters. The van der Waals surface area contributed by atoms with Crippen LogP contribution in [0.1, 0.15) is 37.6 Å². The van der Waals surface area contributed by atoms with Crippen molar-refractivity contribution in [2.24, 2.45) is 5.92 Å². The predicted molar refractivity (Wildman–Crippen MR) is 84.1 cm³/mol. The van der Waals surface area contributed by atoms with Gasteiger partial charge in [-0.25, -0.2) is 4.98 Å². The fraction of sp³-hybridized carbons (Fsp3) is 0.588. The molecule has 0 bridgehead atoms. The lowest BCUT2D eigenvalue weighted by molar-refractivity contribution is 0.355. The molecule has 2 heterocycles. The van der Waals surface area contributed by atoms with Gasteiger partial charge in [0.05, 0.1) is 11.0 Å². The standard InChI is InChI=1S/C17H25N3/c1-3-20-16-8-6-13(2)11-15(16)19-17(20)9-7-14-5-4-10-18-12-14/h6,8,11,14,18H,3-5,7,9-10,12H2,1-2H3. The minimum absolute atomic E-state index is 0.829. The molecule has 1 atom stereocenters. The zero-order valence-electron chi connectivity index (χ0n) is 12.7. The smallest absolute Gasteiger partial charge is 0.109 e. The number of fused-ring (bicyclic) bond motifs is 1. The highest BCUT2D eigenvalue weighted by atomic mass is 15.1. The Balaban J connectivity index is 1.79. The fourth-order valence-electron chi connectivity index (χ4n) is 3.34. The van der Waals surface area contributed by atoms with E-state index in [1.54, 1.807) is 0 Å². The maximum Gasteiger partial charge on any atom is 0.109 e. The lowest BCUT2D eigenvalue weighted by atomic mass is 9.94. The van der Waals surface area contributed by atoms with Crippen molar-refractivity contribution in [1.82, 2.24) is 14.9 Å². The molecule has 0 spiro atoms. The second-order valence-corrected chi connectivity index (χ2v) is 6.02. The average molecular weight is 271 g/mol. The van der Waals surface area contributed by atoms with Crippen molar-refractivity contribution in [3.63, 3.8) is 0 Å². The molecule has 1 aliphatic rings. The molecule has 20 heavy (non-hydrogen) atoms. The first kappa shape index (κ1) is 13.6.